The predicted octanol–water partition coefficient (Wildman–Crippen LogP) is 5.67. The molecule has 1 aliphatic rings. The van der Waals surface area contributed by atoms with Crippen LogP contribution in [0, 0.1) is 24.0 Å². The summed E-state index contributed by atoms with van der Waals surface area (Å²) < 4.78 is 34.5. The van der Waals surface area contributed by atoms with E-state index in [0.29, 0.717) is 17.7 Å². The molecule has 1 N–H and O–H groups in total. The summed E-state index contributed by atoms with van der Waals surface area (Å²) in [5.74, 6) is -0.389. The molecule has 0 saturated heterocycles. The Bertz CT molecular complexity index is 1640. The minimum Gasteiger partial charge on any atom is -0.497 e. The summed E-state index contributed by atoms with van der Waals surface area (Å²) in [6.07, 6.45) is 5.25. The van der Waals surface area contributed by atoms with E-state index in [1.807, 2.05) is 38.1 Å². The molecule has 0 radical (unpaired) electrons. The number of ether oxygens (including phenoxy) is 1. The van der Waals surface area contributed by atoms with Crippen molar-refractivity contribution in [2.24, 2.45) is 0 Å². The maximum Gasteiger partial charge on any atom is 0.273 e. The van der Waals surface area contributed by atoms with E-state index in [2.05, 4.69) is 5.32 Å². The minimum atomic E-state index is -4.49. The molecule has 0 aromatic heterocycles. The van der Waals surface area contributed by atoms with E-state index in [4.69, 9.17) is 4.74 Å². The Hall–Kier alpha value is -4.45. The molecule has 0 unspecified atom stereocenters. The summed E-state index contributed by atoms with van der Waals surface area (Å²) in [4.78, 5) is 40.2. The number of nitrogens with one attached hydrogen (secondary N) is 1. The molecule has 3 aromatic carbocycles. The van der Waals surface area contributed by atoms with Gasteiger partial charge in [0.2, 0.25) is 11.8 Å². The lowest BCUT2D eigenvalue weighted by Gasteiger charge is -2.34. The Balaban J connectivity index is 1.75. The van der Waals surface area contributed by atoms with Crippen molar-refractivity contribution in [3.8, 4) is 5.75 Å². The van der Waals surface area contributed by atoms with Crippen LogP contribution in [0.15, 0.2) is 71.6 Å². The average Bonchev–Trinajstić information content (AvgIpc) is 3.04. The largest absolute Gasteiger partial charge is 0.497 e. The standard InChI is InChI=1S/C34H42N4O7S/c1-5-31(34(40)35-27-9-7-6-8-10-27)36(22-26-14-11-24(2)12-15-26)33(39)23-37(28-16-18-29(45-4)19-17-28)46(43,44)30-20-13-25(3)32(21-30)38(41)42/h11-21,27,31H,5-10,22-23H2,1-4H3,(H,35,40)/t31-/m1/s1. The molecule has 0 aliphatic heterocycles. The second-order valence-electron chi connectivity index (χ2n) is 11.7. The molecule has 1 saturated carbocycles. The van der Waals surface area contributed by atoms with Crippen molar-refractivity contribution < 1.29 is 27.7 Å². The quantitative estimate of drug-likeness (QED) is 0.186. The topological polar surface area (TPSA) is 139 Å². The molecular weight excluding hydrogens is 608 g/mol. The van der Waals surface area contributed by atoms with Crippen LogP contribution in [0.5, 0.6) is 5.75 Å². The monoisotopic (exact) mass is 650 g/mol. The number of rotatable bonds is 13. The number of nitrogens with zero attached hydrogens (tertiary/aromatic N) is 3. The zero-order chi connectivity index (χ0) is 33.4. The number of hydrogen-bond acceptors (Lipinski definition) is 7. The number of carbonyl (C=O) groups excluding carboxylic acids is 2. The number of nitro benzene ring substituents is 1. The molecule has 11 nitrogen and oxygen atoms in total. The lowest BCUT2D eigenvalue weighted by Crippen LogP contribution is -2.54. The van der Waals surface area contributed by atoms with Crippen molar-refractivity contribution in [2.45, 2.75) is 82.8 Å². The zero-order valence-electron chi connectivity index (χ0n) is 26.8. The van der Waals surface area contributed by atoms with Crippen LogP contribution in [0.1, 0.15) is 62.1 Å². The first-order valence-electron chi connectivity index (χ1n) is 15.5. The van der Waals surface area contributed by atoms with Gasteiger partial charge in [0.15, 0.2) is 0 Å². The van der Waals surface area contributed by atoms with Gasteiger partial charge in [0.05, 0.1) is 22.6 Å². The summed E-state index contributed by atoms with van der Waals surface area (Å²) in [6, 6.07) is 16.6. The highest BCUT2D eigenvalue weighted by Gasteiger charge is 2.35. The van der Waals surface area contributed by atoms with Crippen LogP contribution >= 0.6 is 0 Å². The van der Waals surface area contributed by atoms with Crippen LogP contribution in [0.3, 0.4) is 0 Å². The smallest absolute Gasteiger partial charge is 0.273 e. The highest BCUT2D eigenvalue weighted by Crippen LogP contribution is 2.30. The van der Waals surface area contributed by atoms with Gasteiger partial charge in [-0.15, -0.1) is 0 Å². The summed E-state index contributed by atoms with van der Waals surface area (Å²) in [6.45, 7) is 4.74. The fraction of sp³-hybridized carbons (Fsp3) is 0.412. The van der Waals surface area contributed by atoms with Gasteiger partial charge in [-0.2, -0.15) is 0 Å². The van der Waals surface area contributed by atoms with Crippen molar-refractivity contribution in [3.05, 3.63) is 93.5 Å². The SMILES string of the molecule is CC[C@H](C(=O)NC1CCCCC1)N(Cc1ccc(C)cc1)C(=O)CN(c1ccc(OC)cc1)S(=O)(=O)c1ccc(C)c([N+](=O)[O-])c1. The zero-order valence-corrected chi connectivity index (χ0v) is 27.6. The lowest BCUT2D eigenvalue weighted by atomic mass is 9.95. The second-order valence-corrected chi connectivity index (χ2v) is 13.6. The molecule has 1 atom stereocenters. The third-order valence-corrected chi connectivity index (χ3v) is 10.2. The first-order valence-corrected chi connectivity index (χ1v) is 17.0. The van der Waals surface area contributed by atoms with Crippen molar-refractivity contribution in [3.63, 3.8) is 0 Å². The third kappa shape index (κ3) is 8.22. The van der Waals surface area contributed by atoms with Crippen molar-refractivity contribution >= 4 is 33.2 Å². The van der Waals surface area contributed by atoms with E-state index in [1.54, 1.807) is 12.1 Å². The summed E-state index contributed by atoms with van der Waals surface area (Å²) in [5, 5.41) is 14.8. The van der Waals surface area contributed by atoms with Gasteiger partial charge in [-0.05, 0) is 69.0 Å². The second kappa shape index (κ2) is 15.2. The predicted molar refractivity (Wildman–Crippen MR) is 176 cm³/mol. The van der Waals surface area contributed by atoms with Crippen molar-refractivity contribution in [1.82, 2.24) is 10.2 Å². The van der Waals surface area contributed by atoms with E-state index in [9.17, 15) is 28.1 Å². The van der Waals surface area contributed by atoms with Gasteiger partial charge < -0.3 is 15.0 Å². The lowest BCUT2D eigenvalue weighted by molar-refractivity contribution is -0.385. The van der Waals surface area contributed by atoms with E-state index < -0.39 is 33.4 Å². The number of methoxy groups -OCH3 is 1. The molecule has 2 amide bonds. The molecule has 46 heavy (non-hydrogen) atoms. The van der Waals surface area contributed by atoms with E-state index in [0.717, 1.165) is 53.6 Å². The number of anilines is 1. The highest BCUT2D eigenvalue weighted by atomic mass is 32.2. The number of amides is 2. The number of carbonyl (C=O) groups is 2. The van der Waals surface area contributed by atoms with E-state index >= 15 is 0 Å². The molecule has 1 fully saturated rings. The molecule has 3 aromatic rings. The van der Waals surface area contributed by atoms with Crippen molar-refractivity contribution in [2.75, 3.05) is 18.0 Å². The van der Waals surface area contributed by atoms with E-state index in [-0.39, 0.29) is 34.8 Å². The van der Waals surface area contributed by atoms with Gasteiger partial charge in [0.25, 0.3) is 15.7 Å². The number of nitro groups is 1. The fourth-order valence-corrected chi connectivity index (χ4v) is 7.14. The fourth-order valence-electron chi connectivity index (χ4n) is 5.70. The maximum absolute atomic E-state index is 14.3. The van der Waals surface area contributed by atoms with Crippen LogP contribution in [-0.2, 0) is 26.2 Å². The van der Waals surface area contributed by atoms with Crippen LogP contribution in [-0.4, -0.2) is 55.8 Å². The van der Waals surface area contributed by atoms with Gasteiger partial charge in [-0.25, -0.2) is 8.42 Å². The maximum atomic E-state index is 14.3. The van der Waals surface area contributed by atoms with Crippen LogP contribution < -0.4 is 14.4 Å². The van der Waals surface area contributed by atoms with Crippen LogP contribution in [0.4, 0.5) is 11.4 Å². The van der Waals surface area contributed by atoms with Crippen molar-refractivity contribution in [1.29, 1.82) is 0 Å². The molecule has 1 aliphatic carbocycles. The number of hydrogen-bond donors (Lipinski definition) is 1. The molecule has 0 spiro atoms. The van der Waals surface area contributed by atoms with Gasteiger partial charge in [-0.3, -0.25) is 24.0 Å². The van der Waals surface area contributed by atoms with Gasteiger partial charge in [0, 0.05) is 24.2 Å². The van der Waals surface area contributed by atoms with E-state index in [1.165, 1.54) is 43.2 Å². The molecule has 246 valence electrons. The molecule has 0 heterocycles. The Labute approximate surface area is 270 Å². The van der Waals surface area contributed by atoms with Gasteiger partial charge in [-0.1, -0.05) is 62.1 Å². The minimum absolute atomic E-state index is 0.0279. The highest BCUT2D eigenvalue weighted by molar-refractivity contribution is 7.92. The van der Waals surface area contributed by atoms with Crippen LogP contribution in [0.2, 0.25) is 0 Å². The van der Waals surface area contributed by atoms with Crippen LogP contribution in [0.25, 0.3) is 0 Å². The number of benzene rings is 3. The summed E-state index contributed by atoms with van der Waals surface area (Å²) in [7, 11) is -3.01. The van der Waals surface area contributed by atoms with Gasteiger partial charge in [0.1, 0.15) is 18.3 Å². The molecule has 12 heteroatoms. The Morgan fingerprint density at radius 3 is 2.24 bits per heavy atom. The number of sulfonamides is 1. The summed E-state index contributed by atoms with van der Waals surface area (Å²) in [5.41, 5.74) is 1.93. The average molecular weight is 651 g/mol. The Morgan fingerprint density at radius 2 is 1.65 bits per heavy atom. The molecular formula is C34H42N4O7S. The Kier molecular flexibility index (Phi) is 11.4. The summed E-state index contributed by atoms with van der Waals surface area (Å²) >= 11 is 0. The van der Waals surface area contributed by atoms with Gasteiger partial charge >= 0.3 is 0 Å². The Morgan fingerprint density at radius 1 is 1.00 bits per heavy atom. The third-order valence-electron chi connectivity index (χ3n) is 8.42. The molecule has 4 rings (SSSR count). The normalized spacial score (nSPS) is 14.3. The first kappa shape index (κ1) is 34.4. The number of aryl methyl sites for hydroxylation is 2. The first-order chi connectivity index (χ1) is 21.9. The molecule has 0 bridgehead atoms.